The van der Waals surface area contributed by atoms with Crippen LogP contribution >= 0.6 is 22.7 Å². The fourth-order valence-corrected chi connectivity index (χ4v) is 13.1. The summed E-state index contributed by atoms with van der Waals surface area (Å²) in [5, 5.41) is 5.24. The summed E-state index contributed by atoms with van der Waals surface area (Å²) in [4.78, 5) is 4.98. The number of nitrogens with zero attached hydrogens (tertiary/aromatic N) is 2. The number of para-hydroxylation sites is 2. The SMILES string of the molecule is Cc1ccc(N(c2ccc(-c3ccc(N(c4ccc(C)cc4)c4c(C)cccc4-c4cccc5c4sc4ccccc45)c(C)c3)cc2C)c2c(C)cccc2-c2cccc3c2sc2ccccc23)cc1. The third-order valence-corrected chi connectivity index (χ3v) is 16.5. The molecule has 0 aliphatic rings. The Morgan fingerprint density at radius 3 is 1.09 bits per heavy atom. The average Bonchev–Trinajstić information content (AvgIpc) is 3.96. The first-order valence-electron chi connectivity index (χ1n) is 24.2. The maximum atomic E-state index is 2.49. The van der Waals surface area contributed by atoms with Crippen LogP contribution in [0.3, 0.4) is 0 Å². The first kappa shape index (κ1) is 43.5. The molecule has 0 aliphatic carbocycles. The van der Waals surface area contributed by atoms with Crippen LogP contribution in [0.1, 0.15) is 33.4 Å². The molecule has 2 aromatic heterocycles. The van der Waals surface area contributed by atoms with Gasteiger partial charge in [0.05, 0.1) is 11.4 Å². The van der Waals surface area contributed by atoms with Crippen molar-refractivity contribution in [2.45, 2.75) is 41.5 Å². The lowest BCUT2D eigenvalue weighted by molar-refractivity contribution is 1.22. The van der Waals surface area contributed by atoms with E-state index < -0.39 is 0 Å². The molecule has 0 bridgehead atoms. The van der Waals surface area contributed by atoms with E-state index in [0.717, 1.165) is 22.7 Å². The van der Waals surface area contributed by atoms with Gasteiger partial charge in [-0.2, -0.15) is 0 Å². The van der Waals surface area contributed by atoms with Crippen LogP contribution in [0.5, 0.6) is 0 Å². The van der Waals surface area contributed by atoms with E-state index >= 15 is 0 Å². The fourth-order valence-electron chi connectivity index (χ4n) is 10.6. The van der Waals surface area contributed by atoms with Gasteiger partial charge < -0.3 is 9.80 Å². The summed E-state index contributed by atoms with van der Waals surface area (Å²) in [7, 11) is 0. The van der Waals surface area contributed by atoms with E-state index in [1.165, 1.54) is 118 Å². The second-order valence-electron chi connectivity index (χ2n) is 18.8. The van der Waals surface area contributed by atoms with E-state index in [4.69, 9.17) is 0 Å². The van der Waals surface area contributed by atoms with E-state index in [0.29, 0.717) is 0 Å². The van der Waals surface area contributed by atoms with Crippen LogP contribution in [-0.2, 0) is 0 Å². The smallest absolute Gasteiger partial charge is 0.0569 e. The molecule has 2 heterocycles. The monoisotopic (exact) mass is 936 g/mol. The van der Waals surface area contributed by atoms with Gasteiger partial charge in [0.2, 0.25) is 0 Å². The van der Waals surface area contributed by atoms with Crippen molar-refractivity contribution < 1.29 is 0 Å². The standard InChI is InChI=1S/C66H52N2S2/c1-41-27-33-49(34-28-41)67(63-43(3)15-11-19-53(63)57-23-13-21-55-51-17-7-9-25-61(51)69-65(55)57)59-37-31-47(39-45(59)5)48-32-38-60(46(6)40-48)68(50-35-29-42(2)30-36-50)64-44(4)16-12-20-54(64)58-24-14-22-56-52-18-8-10-26-62(52)70-66(56)58/h7-40H,1-6H3. The van der Waals surface area contributed by atoms with Crippen LogP contribution in [0.2, 0.25) is 0 Å². The summed E-state index contributed by atoms with van der Waals surface area (Å²) in [6.45, 7) is 13.4. The molecule has 0 saturated heterocycles. The molecule has 0 atom stereocenters. The van der Waals surface area contributed by atoms with Crippen molar-refractivity contribution in [3.8, 4) is 33.4 Å². The fraction of sp³-hybridized carbons (Fsp3) is 0.0909. The Morgan fingerprint density at radius 1 is 0.300 bits per heavy atom. The maximum absolute atomic E-state index is 2.49. The molecule has 4 heteroatoms. The van der Waals surface area contributed by atoms with Crippen LogP contribution in [0.15, 0.2) is 206 Å². The number of benzene rings is 10. The Labute approximate surface area is 419 Å². The highest BCUT2D eigenvalue weighted by molar-refractivity contribution is 7.26. The minimum Gasteiger partial charge on any atom is -0.309 e. The Bertz CT molecular complexity index is 3710. The lowest BCUT2D eigenvalue weighted by Gasteiger charge is -2.31. The largest absolute Gasteiger partial charge is 0.309 e. The molecule has 10 aromatic carbocycles. The topological polar surface area (TPSA) is 6.48 Å². The lowest BCUT2D eigenvalue weighted by Crippen LogP contribution is -2.14. The van der Waals surface area contributed by atoms with Crippen molar-refractivity contribution >= 4 is 97.1 Å². The van der Waals surface area contributed by atoms with Crippen LogP contribution < -0.4 is 9.80 Å². The predicted molar refractivity (Wildman–Crippen MR) is 306 cm³/mol. The van der Waals surface area contributed by atoms with Crippen molar-refractivity contribution in [1.82, 2.24) is 0 Å². The highest BCUT2D eigenvalue weighted by atomic mass is 32.1. The van der Waals surface area contributed by atoms with Gasteiger partial charge in [-0.15, -0.1) is 22.7 Å². The van der Waals surface area contributed by atoms with Crippen molar-refractivity contribution in [1.29, 1.82) is 0 Å². The average molecular weight is 937 g/mol. The van der Waals surface area contributed by atoms with E-state index in [-0.39, 0.29) is 0 Å². The van der Waals surface area contributed by atoms with E-state index in [9.17, 15) is 0 Å². The third-order valence-electron chi connectivity index (χ3n) is 14.1. The molecule has 0 N–H and O–H groups in total. The third kappa shape index (κ3) is 7.47. The van der Waals surface area contributed by atoms with Crippen LogP contribution in [-0.4, -0.2) is 0 Å². The van der Waals surface area contributed by atoms with Crippen molar-refractivity contribution in [2.24, 2.45) is 0 Å². The Morgan fingerprint density at radius 2 is 0.671 bits per heavy atom. The number of hydrogen-bond acceptors (Lipinski definition) is 4. The van der Waals surface area contributed by atoms with Crippen molar-refractivity contribution in [3.05, 3.63) is 240 Å². The molecule has 12 aromatic rings. The molecular formula is C66H52N2S2. The molecule has 0 saturated carbocycles. The van der Waals surface area contributed by atoms with Crippen LogP contribution in [0, 0.1) is 41.5 Å². The molecule has 12 rings (SSSR count). The maximum Gasteiger partial charge on any atom is 0.0569 e. The number of hydrogen-bond donors (Lipinski definition) is 0. The number of anilines is 6. The molecule has 338 valence electrons. The van der Waals surface area contributed by atoms with E-state index in [1.54, 1.807) is 0 Å². The normalized spacial score (nSPS) is 11.6. The number of fused-ring (bicyclic) bond motifs is 6. The van der Waals surface area contributed by atoms with Gasteiger partial charge in [0.25, 0.3) is 0 Å². The second kappa shape index (κ2) is 17.6. The zero-order chi connectivity index (χ0) is 47.6. The van der Waals surface area contributed by atoms with Gasteiger partial charge in [-0.3, -0.25) is 0 Å². The summed E-state index contributed by atoms with van der Waals surface area (Å²) in [6, 6.07) is 76.7. The minimum atomic E-state index is 1.14. The van der Waals surface area contributed by atoms with Gasteiger partial charge in [-0.1, -0.05) is 157 Å². The Balaban J connectivity index is 0.972. The molecular weight excluding hydrogens is 885 g/mol. The summed E-state index contributed by atoms with van der Waals surface area (Å²) in [5.74, 6) is 0. The summed E-state index contributed by atoms with van der Waals surface area (Å²) >= 11 is 3.77. The van der Waals surface area contributed by atoms with E-state index in [1.807, 2.05) is 22.7 Å². The summed E-state index contributed by atoms with van der Waals surface area (Å²) in [5.41, 5.74) is 21.7. The summed E-state index contributed by atoms with van der Waals surface area (Å²) < 4.78 is 5.26. The number of aryl methyl sites for hydroxylation is 6. The number of thiophene rings is 2. The van der Waals surface area contributed by atoms with Gasteiger partial charge >= 0.3 is 0 Å². The Kier molecular flexibility index (Phi) is 11.0. The zero-order valence-corrected chi connectivity index (χ0v) is 42.0. The quantitative estimate of drug-likeness (QED) is 0.142. The highest BCUT2D eigenvalue weighted by Gasteiger charge is 2.25. The van der Waals surface area contributed by atoms with Crippen LogP contribution in [0.4, 0.5) is 34.1 Å². The molecule has 0 aliphatic heterocycles. The first-order chi connectivity index (χ1) is 34.2. The van der Waals surface area contributed by atoms with Crippen molar-refractivity contribution in [2.75, 3.05) is 9.80 Å². The Hall–Kier alpha value is -7.76. The molecule has 0 unspecified atom stereocenters. The molecule has 0 radical (unpaired) electrons. The molecule has 0 spiro atoms. The predicted octanol–water partition coefficient (Wildman–Crippen LogP) is 20.2. The first-order valence-corrected chi connectivity index (χ1v) is 25.8. The van der Waals surface area contributed by atoms with Gasteiger partial charge in [0.1, 0.15) is 0 Å². The van der Waals surface area contributed by atoms with Gasteiger partial charge in [-0.05, 0) is 136 Å². The van der Waals surface area contributed by atoms with E-state index in [2.05, 4.69) is 258 Å². The highest BCUT2D eigenvalue weighted by Crippen LogP contribution is 2.50. The minimum absolute atomic E-state index is 1.14. The van der Waals surface area contributed by atoms with Gasteiger partial charge in [-0.25, -0.2) is 0 Å². The van der Waals surface area contributed by atoms with Crippen LogP contribution in [0.25, 0.3) is 73.7 Å². The summed E-state index contributed by atoms with van der Waals surface area (Å²) in [6.07, 6.45) is 0. The zero-order valence-electron chi connectivity index (χ0n) is 40.3. The second-order valence-corrected chi connectivity index (χ2v) is 21.0. The molecule has 70 heavy (non-hydrogen) atoms. The number of rotatable bonds is 9. The van der Waals surface area contributed by atoms with Crippen molar-refractivity contribution in [3.63, 3.8) is 0 Å². The molecule has 0 amide bonds. The lowest BCUT2D eigenvalue weighted by atomic mass is 9.95. The molecule has 2 nitrogen and oxygen atoms in total. The van der Waals surface area contributed by atoms with Gasteiger partial charge in [0, 0.05) is 85.3 Å². The van der Waals surface area contributed by atoms with Gasteiger partial charge in [0.15, 0.2) is 0 Å². The molecule has 0 fully saturated rings.